The van der Waals surface area contributed by atoms with Crippen LogP contribution in [0.4, 0.5) is 0 Å². The van der Waals surface area contributed by atoms with Gasteiger partial charge in [-0.2, -0.15) is 5.10 Å². The van der Waals surface area contributed by atoms with Crippen LogP contribution in [0.1, 0.15) is 54.5 Å². The van der Waals surface area contributed by atoms with Gasteiger partial charge in [0, 0.05) is 25.8 Å². The lowest BCUT2D eigenvalue weighted by Gasteiger charge is -2.41. The van der Waals surface area contributed by atoms with Crippen molar-refractivity contribution in [3.05, 3.63) is 47.3 Å². The van der Waals surface area contributed by atoms with E-state index in [2.05, 4.69) is 13.8 Å². The predicted molar refractivity (Wildman–Crippen MR) is 114 cm³/mol. The van der Waals surface area contributed by atoms with Gasteiger partial charge in [0.15, 0.2) is 0 Å². The van der Waals surface area contributed by atoms with Crippen molar-refractivity contribution in [2.24, 2.45) is 5.92 Å². The zero-order valence-electron chi connectivity index (χ0n) is 18.2. The highest BCUT2D eigenvalue weighted by Gasteiger charge is 2.47. The van der Waals surface area contributed by atoms with E-state index in [0.717, 1.165) is 36.3 Å². The molecule has 3 heterocycles. The number of likely N-dealkylation sites (tertiary alicyclic amines) is 1. The van der Waals surface area contributed by atoms with Crippen LogP contribution >= 0.6 is 0 Å². The second-order valence-corrected chi connectivity index (χ2v) is 8.57. The summed E-state index contributed by atoms with van der Waals surface area (Å²) in [4.78, 5) is 30.0. The molecular formula is C23H30N4O3. The number of carbonyl (C=O) groups excluding carboxylic acids is 2. The molecule has 2 aliphatic rings. The second kappa shape index (κ2) is 8.22. The zero-order chi connectivity index (χ0) is 21.4. The van der Waals surface area contributed by atoms with E-state index in [0.29, 0.717) is 12.2 Å². The van der Waals surface area contributed by atoms with Crippen LogP contribution in [-0.2, 0) is 9.53 Å². The van der Waals surface area contributed by atoms with Crippen molar-refractivity contribution in [3.63, 3.8) is 0 Å². The van der Waals surface area contributed by atoms with E-state index < -0.39 is 0 Å². The SMILES string of the molecule is COCC(=O)N1CCCC(N2C(=O)c3c(c(C)nn3-c3ccccc3)C2C(C)C)C1. The van der Waals surface area contributed by atoms with Crippen molar-refractivity contribution < 1.29 is 14.3 Å². The Labute approximate surface area is 177 Å². The molecule has 1 saturated heterocycles. The lowest BCUT2D eigenvalue weighted by Crippen LogP contribution is -2.52. The number of aromatic nitrogens is 2. The third-order valence-electron chi connectivity index (χ3n) is 6.18. The molecule has 0 spiro atoms. The van der Waals surface area contributed by atoms with E-state index in [1.165, 1.54) is 7.11 Å². The number of rotatable bonds is 5. The number of benzene rings is 1. The van der Waals surface area contributed by atoms with Gasteiger partial charge in [-0.15, -0.1) is 0 Å². The van der Waals surface area contributed by atoms with Crippen molar-refractivity contribution in [2.75, 3.05) is 26.8 Å². The molecule has 7 heteroatoms. The Morgan fingerprint density at radius 1 is 1.27 bits per heavy atom. The molecule has 2 atom stereocenters. The van der Waals surface area contributed by atoms with E-state index in [-0.39, 0.29) is 36.4 Å². The number of amides is 2. The number of nitrogens with zero attached hydrogens (tertiary/aromatic N) is 4. The quantitative estimate of drug-likeness (QED) is 0.760. The monoisotopic (exact) mass is 410 g/mol. The van der Waals surface area contributed by atoms with E-state index in [9.17, 15) is 9.59 Å². The van der Waals surface area contributed by atoms with Gasteiger partial charge < -0.3 is 14.5 Å². The molecule has 4 rings (SSSR count). The maximum atomic E-state index is 13.8. The fourth-order valence-corrected chi connectivity index (χ4v) is 4.91. The molecule has 1 aromatic heterocycles. The Hall–Kier alpha value is -2.67. The minimum Gasteiger partial charge on any atom is -0.375 e. The van der Waals surface area contributed by atoms with E-state index in [1.807, 2.05) is 47.1 Å². The first-order chi connectivity index (χ1) is 14.4. The molecular weight excluding hydrogens is 380 g/mol. The van der Waals surface area contributed by atoms with Crippen LogP contribution in [-0.4, -0.2) is 64.2 Å². The molecule has 0 N–H and O–H groups in total. The van der Waals surface area contributed by atoms with Gasteiger partial charge in [-0.25, -0.2) is 4.68 Å². The van der Waals surface area contributed by atoms with Crippen LogP contribution in [0.25, 0.3) is 5.69 Å². The Morgan fingerprint density at radius 2 is 2.00 bits per heavy atom. The van der Waals surface area contributed by atoms with Gasteiger partial charge in [-0.1, -0.05) is 32.0 Å². The summed E-state index contributed by atoms with van der Waals surface area (Å²) in [6, 6.07) is 9.77. The first kappa shape index (κ1) is 20.6. The molecule has 2 aromatic rings. The Morgan fingerprint density at radius 3 is 2.67 bits per heavy atom. The fraction of sp³-hybridized carbons (Fsp3) is 0.522. The number of carbonyl (C=O) groups is 2. The van der Waals surface area contributed by atoms with Gasteiger partial charge in [-0.05, 0) is 37.8 Å². The molecule has 2 amide bonds. The maximum absolute atomic E-state index is 13.8. The molecule has 0 radical (unpaired) electrons. The molecule has 7 nitrogen and oxygen atoms in total. The predicted octanol–water partition coefficient (Wildman–Crippen LogP) is 2.97. The highest BCUT2D eigenvalue weighted by atomic mass is 16.5. The topological polar surface area (TPSA) is 67.7 Å². The summed E-state index contributed by atoms with van der Waals surface area (Å²) in [5, 5.41) is 4.72. The average Bonchev–Trinajstić information content (AvgIpc) is 3.24. The van der Waals surface area contributed by atoms with Crippen molar-refractivity contribution in [1.29, 1.82) is 0 Å². The standard InChI is InChI=1S/C23H30N4O3/c1-15(2)21-20-16(3)24-27(17-9-6-5-7-10-17)22(20)23(29)26(21)18-11-8-12-25(13-18)19(28)14-30-4/h5-7,9-10,15,18,21H,8,11-14H2,1-4H3. The second-order valence-electron chi connectivity index (χ2n) is 8.57. The first-order valence-electron chi connectivity index (χ1n) is 10.7. The molecule has 0 bridgehead atoms. The smallest absolute Gasteiger partial charge is 0.273 e. The highest BCUT2D eigenvalue weighted by molar-refractivity contribution is 5.99. The summed E-state index contributed by atoms with van der Waals surface area (Å²) >= 11 is 0. The fourth-order valence-electron chi connectivity index (χ4n) is 4.91. The molecule has 0 saturated carbocycles. The third kappa shape index (κ3) is 3.41. The number of para-hydroxylation sites is 1. The first-order valence-corrected chi connectivity index (χ1v) is 10.7. The van der Waals surface area contributed by atoms with Crippen molar-refractivity contribution in [2.45, 2.75) is 45.7 Å². The van der Waals surface area contributed by atoms with Gasteiger partial charge in [-0.3, -0.25) is 9.59 Å². The van der Waals surface area contributed by atoms with Gasteiger partial charge >= 0.3 is 0 Å². The lowest BCUT2D eigenvalue weighted by molar-refractivity contribution is -0.137. The van der Waals surface area contributed by atoms with Crippen molar-refractivity contribution in [1.82, 2.24) is 19.6 Å². The maximum Gasteiger partial charge on any atom is 0.273 e. The molecule has 1 fully saturated rings. The Balaban J connectivity index is 1.71. The van der Waals surface area contributed by atoms with Crippen LogP contribution < -0.4 is 0 Å². The summed E-state index contributed by atoms with van der Waals surface area (Å²) in [5.41, 5.74) is 3.48. The van der Waals surface area contributed by atoms with Crippen molar-refractivity contribution in [3.8, 4) is 5.69 Å². The van der Waals surface area contributed by atoms with Gasteiger partial charge in [0.1, 0.15) is 12.3 Å². The highest BCUT2D eigenvalue weighted by Crippen LogP contribution is 2.43. The van der Waals surface area contributed by atoms with Crippen LogP contribution in [0.2, 0.25) is 0 Å². The van der Waals surface area contributed by atoms with Crippen molar-refractivity contribution >= 4 is 11.8 Å². The molecule has 0 aliphatic carbocycles. The van der Waals surface area contributed by atoms with E-state index in [1.54, 1.807) is 4.68 Å². The minimum atomic E-state index is -0.0348. The number of methoxy groups -OCH3 is 1. The summed E-state index contributed by atoms with van der Waals surface area (Å²) in [6.07, 6.45) is 1.78. The molecule has 2 unspecified atom stereocenters. The Bertz CT molecular complexity index is 937. The average molecular weight is 411 g/mol. The van der Waals surface area contributed by atoms with Gasteiger partial charge in [0.2, 0.25) is 5.91 Å². The normalized spacial score (nSPS) is 21.4. The van der Waals surface area contributed by atoms with E-state index >= 15 is 0 Å². The van der Waals surface area contributed by atoms with Gasteiger partial charge in [0.05, 0.1) is 23.5 Å². The molecule has 160 valence electrons. The number of hydrogen-bond donors (Lipinski definition) is 0. The Kier molecular flexibility index (Phi) is 5.64. The van der Waals surface area contributed by atoms with Gasteiger partial charge in [0.25, 0.3) is 5.91 Å². The lowest BCUT2D eigenvalue weighted by atomic mass is 9.94. The summed E-state index contributed by atoms with van der Waals surface area (Å²) in [5.74, 6) is 0.241. The van der Waals surface area contributed by atoms with Crippen LogP contribution in [0.15, 0.2) is 30.3 Å². The number of fused-ring (bicyclic) bond motifs is 1. The number of piperidine rings is 1. The van der Waals surface area contributed by atoms with Crippen LogP contribution in [0.5, 0.6) is 0 Å². The van der Waals surface area contributed by atoms with E-state index in [4.69, 9.17) is 9.84 Å². The number of aryl methyl sites for hydroxylation is 1. The summed E-state index contributed by atoms with van der Waals surface area (Å²) in [6.45, 7) is 7.64. The molecule has 1 aromatic carbocycles. The zero-order valence-corrected chi connectivity index (χ0v) is 18.2. The number of hydrogen-bond acceptors (Lipinski definition) is 4. The molecule has 2 aliphatic heterocycles. The summed E-state index contributed by atoms with van der Waals surface area (Å²) in [7, 11) is 1.53. The minimum absolute atomic E-state index is 0.00419. The third-order valence-corrected chi connectivity index (χ3v) is 6.18. The number of ether oxygens (including phenoxy) is 1. The van der Waals surface area contributed by atoms with Crippen LogP contribution in [0, 0.1) is 12.8 Å². The molecule has 30 heavy (non-hydrogen) atoms. The summed E-state index contributed by atoms with van der Waals surface area (Å²) < 4.78 is 6.82. The largest absolute Gasteiger partial charge is 0.375 e. The van der Waals surface area contributed by atoms with Crippen LogP contribution in [0.3, 0.4) is 0 Å².